The first-order valence-corrected chi connectivity index (χ1v) is 43.3. The van der Waals surface area contributed by atoms with E-state index in [-0.39, 0.29) is 0 Å². The van der Waals surface area contributed by atoms with Crippen molar-refractivity contribution >= 4 is 98.5 Å². The normalized spacial score (nSPS) is 11.4. The van der Waals surface area contributed by atoms with Gasteiger partial charge in [-0.1, -0.05) is 370 Å². The molecule has 19 aromatic carbocycles. The second kappa shape index (κ2) is 33.3. The maximum Gasteiger partial charge on any atom is 0.161 e. The van der Waals surface area contributed by atoms with E-state index in [1.165, 1.54) is 55.6 Å². The third kappa shape index (κ3) is 14.8. The van der Waals surface area contributed by atoms with Crippen LogP contribution in [0.3, 0.4) is 0 Å². The lowest BCUT2D eigenvalue weighted by molar-refractivity contribution is 0.671. The first kappa shape index (κ1) is 76.5. The van der Waals surface area contributed by atoms with E-state index in [2.05, 4.69) is 340 Å². The standard InChI is InChI=1S/C50H32N2O.C38H24N2O.C32H20N2O/c1-4-14-33(15-5-1)40-30-41(34-16-6-2-7-17-34)32-42(31-40)38-22-12-20-36(28-38)37-21-13-23-39(29-37)50-51-47(35-18-8-3-9-19-35)45-27-26-44-43-24-10-11-25-46(43)53-49(44)48(45)52-50;1-3-10-25(11-4-1)29-14-9-15-30(24-29)26-18-20-28(21-19-26)38-39-35(27-12-5-2-6-13-27)33-23-22-32-31-16-7-8-17-34(31)41-37(32)36(33)40-38;1-3-9-21(10-4-1)22-15-17-23(18-16-22)29-27-20-19-26-25-13-7-8-14-28(25)35-31(26)30(27)34-32(33-29)24-11-5-2-6-12-24/h1-32H;1-24H;1-20H. The van der Waals surface area contributed by atoms with E-state index >= 15 is 0 Å². The van der Waals surface area contributed by atoms with Crippen molar-refractivity contribution in [2.75, 3.05) is 0 Å². The van der Waals surface area contributed by atoms with Gasteiger partial charge in [-0.3, -0.25) is 0 Å². The van der Waals surface area contributed by atoms with Crippen LogP contribution in [0.4, 0.5) is 0 Å². The van der Waals surface area contributed by atoms with Gasteiger partial charge in [0.2, 0.25) is 0 Å². The molecule has 6 aromatic heterocycles. The van der Waals surface area contributed by atoms with Crippen LogP contribution in [0.1, 0.15) is 0 Å². The third-order valence-electron chi connectivity index (χ3n) is 24.3. The van der Waals surface area contributed by atoms with Crippen molar-refractivity contribution in [3.05, 3.63) is 461 Å². The van der Waals surface area contributed by atoms with Crippen LogP contribution in [0, 0.1) is 0 Å². The third-order valence-corrected chi connectivity index (χ3v) is 24.3. The molecule has 9 heteroatoms. The molecule has 0 bridgehead atoms. The molecule has 0 aliphatic rings. The van der Waals surface area contributed by atoms with E-state index in [1.807, 2.05) is 121 Å². The molecule has 0 atom stereocenters. The average molecular weight is 1650 g/mol. The second-order valence-corrected chi connectivity index (χ2v) is 32.3. The summed E-state index contributed by atoms with van der Waals surface area (Å²) >= 11 is 0. The molecule has 0 aliphatic heterocycles. The summed E-state index contributed by atoms with van der Waals surface area (Å²) in [6.07, 6.45) is 0. The van der Waals surface area contributed by atoms with Crippen LogP contribution < -0.4 is 0 Å². The summed E-state index contributed by atoms with van der Waals surface area (Å²) in [5.74, 6) is 2.02. The number of fused-ring (bicyclic) bond motifs is 15. The smallest absolute Gasteiger partial charge is 0.161 e. The van der Waals surface area contributed by atoms with Crippen LogP contribution in [0.2, 0.25) is 0 Å². The van der Waals surface area contributed by atoms with E-state index < -0.39 is 0 Å². The monoisotopic (exact) mass is 1650 g/mol. The van der Waals surface area contributed by atoms with Crippen molar-refractivity contribution in [3.8, 4) is 146 Å². The van der Waals surface area contributed by atoms with Gasteiger partial charge in [-0.05, 0) is 169 Å². The van der Waals surface area contributed by atoms with Crippen molar-refractivity contribution in [3.63, 3.8) is 0 Å². The van der Waals surface area contributed by atoms with Gasteiger partial charge in [0, 0.05) is 81.9 Å². The molecule has 604 valence electrons. The molecule has 0 aliphatic carbocycles. The van der Waals surface area contributed by atoms with Gasteiger partial charge in [0.15, 0.2) is 34.2 Å². The zero-order valence-corrected chi connectivity index (χ0v) is 69.8. The molecule has 0 radical (unpaired) electrons. The van der Waals surface area contributed by atoms with Gasteiger partial charge >= 0.3 is 0 Å². The number of furan rings is 3. The number of nitrogens with zero attached hydrogens (tertiary/aromatic N) is 6. The minimum absolute atomic E-state index is 0.658. The van der Waals surface area contributed by atoms with Gasteiger partial charge in [0.05, 0.1) is 17.1 Å². The Hall–Kier alpha value is -17.4. The van der Waals surface area contributed by atoms with E-state index in [9.17, 15) is 0 Å². The van der Waals surface area contributed by atoms with Crippen molar-refractivity contribution in [1.29, 1.82) is 0 Å². The van der Waals surface area contributed by atoms with Crippen molar-refractivity contribution in [2.45, 2.75) is 0 Å². The van der Waals surface area contributed by atoms with Gasteiger partial charge in [0.1, 0.15) is 33.3 Å². The maximum atomic E-state index is 6.48. The molecule has 25 aromatic rings. The molecule has 129 heavy (non-hydrogen) atoms. The van der Waals surface area contributed by atoms with Crippen LogP contribution in [-0.2, 0) is 0 Å². The minimum atomic E-state index is 0.658. The largest absolute Gasteiger partial charge is 0.454 e. The van der Waals surface area contributed by atoms with Crippen LogP contribution in [0.25, 0.3) is 244 Å². The Morgan fingerprint density at radius 1 is 0.124 bits per heavy atom. The fourth-order valence-corrected chi connectivity index (χ4v) is 17.8. The number of para-hydroxylation sites is 3. The van der Waals surface area contributed by atoms with Gasteiger partial charge in [0.25, 0.3) is 0 Å². The maximum absolute atomic E-state index is 6.48. The highest BCUT2D eigenvalue weighted by Crippen LogP contribution is 2.44. The van der Waals surface area contributed by atoms with Crippen molar-refractivity contribution in [2.24, 2.45) is 0 Å². The number of rotatable bonds is 13. The Balaban J connectivity index is 0.000000113. The summed E-state index contributed by atoms with van der Waals surface area (Å²) in [6.45, 7) is 0. The van der Waals surface area contributed by atoms with Crippen LogP contribution >= 0.6 is 0 Å². The molecule has 0 fully saturated rings. The van der Waals surface area contributed by atoms with E-state index in [1.54, 1.807) is 0 Å². The minimum Gasteiger partial charge on any atom is -0.454 e. The fourth-order valence-electron chi connectivity index (χ4n) is 17.8. The highest BCUT2D eigenvalue weighted by atomic mass is 16.3. The number of hydrogen-bond donors (Lipinski definition) is 0. The van der Waals surface area contributed by atoms with Gasteiger partial charge in [-0.2, -0.15) is 0 Å². The first-order valence-electron chi connectivity index (χ1n) is 43.3. The topological polar surface area (TPSA) is 117 Å². The van der Waals surface area contributed by atoms with E-state index in [4.69, 9.17) is 43.2 Å². The first-order chi connectivity index (χ1) is 63.9. The molecule has 9 nitrogen and oxygen atoms in total. The van der Waals surface area contributed by atoms with Crippen molar-refractivity contribution in [1.82, 2.24) is 29.9 Å². The molecule has 0 saturated heterocycles. The SMILES string of the molecule is c1ccc(-c2cc(-c3ccccc3)cc(-c3cccc(-c4cccc(-c5nc(-c6ccccc6)c6ccc7c8ccccc8oc7c6n5)c4)c3)c2)cc1.c1ccc(-c2ccc(-c3nc(-c4ccccc4)nc4c3ccc3c5ccccc5oc34)cc2)cc1.c1ccc(-c2cccc(-c3ccc(-c4nc(-c5ccccc5)c5ccc6c7ccccc7oc6c5n4)cc3)c2)cc1. The summed E-state index contributed by atoms with van der Waals surface area (Å²) in [7, 11) is 0. The average Bonchev–Trinajstić information content (AvgIpc) is 1.67. The zero-order chi connectivity index (χ0) is 85.5. The Kier molecular flexibility index (Phi) is 19.8. The summed E-state index contributed by atoms with van der Waals surface area (Å²) in [6, 6.07) is 160. The predicted molar refractivity (Wildman–Crippen MR) is 531 cm³/mol. The van der Waals surface area contributed by atoms with Gasteiger partial charge in [-0.15, -0.1) is 0 Å². The molecule has 0 N–H and O–H groups in total. The lowest BCUT2D eigenvalue weighted by Crippen LogP contribution is -1.96. The molecule has 0 unspecified atom stereocenters. The molecular weight excluding hydrogens is 1570 g/mol. The highest BCUT2D eigenvalue weighted by molar-refractivity contribution is 6.19. The molecule has 0 amide bonds. The van der Waals surface area contributed by atoms with Crippen LogP contribution in [0.15, 0.2) is 474 Å². The number of aromatic nitrogens is 6. The summed E-state index contributed by atoms with van der Waals surface area (Å²) in [5, 5.41) is 9.35. The number of benzene rings is 19. The zero-order valence-electron chi connectivity index (χ0n) is 69.8. The van der Waals surface area contributed by atoms with E-state index in [0.29, 0.717) is 17.5 Å². The lowest BCUT2D eigenvalue weighted by Gasteiger charge is -2.13. The van der Waals surface area contributed by atoms with E-state index in [0.717, 1.165) is 171 Å². The quantitative estimate of drug-likeness (QED) is 0.111. The second-order valence-electron chi connectivity index (χ2n) is 32.3. The van der Waals surface area contributed by atoms with Crippen LogP contribution in [-0.4, -0.2) is 29.9 Å². The van der Waals surface area contributed by atoms with Crippen molar-refractivity contribution < 1.29 is 13.3 Å². The summed E-state index contributed by atoms with van der Waals surface area (Å²) < 4.78 is 19.2. The summed E-state index contributed by atoms with van der Waals surface area (Å²) in [5.41, 5.74) is 32.5. The fraction of sp³-hybridized carbons (Fsp3) is 0. The molecule has 0 saturated carbocycles. The van der Waals surface area contributed by atoms with Crippen LogP contribution in [0.5, 0.6) is 0 Å². The molecule has 6 heterocycles. The predicted octanol–water partition coefficient (Wildman–Crippen LogP) is 32.3. The summed E-state index contributed by atoms with van der Waals surface area (Å²) in [4.78, 5) is 30.7. The Bertz CT molecular complexity index is 8440. The Morgan fingerprint density at radius 2 is 0.326 bits per heavy atom. The number of hydrogen-bond acceptors (Lipinski definition) is 9. The molecule has 25 rings (SSSR count). The molecular formula is C120H76N6O3. The van der Waals surface area contributed by atoms with Gasteiger partial charge in [-0.25, -0.2) is 29.9 Å². The molecule has 0 spiro atoms. The lowest BCUT2D eigenvalue weighted by atomic mass is 9.92. The Morgan fingerprint density at radius 3 is 0.690 bits per heavy atom. The Labute approximate surface area is 743 Å². The van der Waals surface area contributed by atoms with Gasteiger partial charge < -0.3 is 13.3 Å². The highest BCUT2D eigenvalue weighted by Gasteiger charge is 2.23.